The van der Waals surface area contributed by atoms with Gasteiger partial charge in [0.15, 0.2) is 21.7 Å². The van der Waals surface area contributed by atoms with E-state index in [0.29, 0.717) is 4.88 Å². The number of thiophene rings is 1. The molecule has 0 fully saturated rings. The zero-order valence-corrected chi connectivity index (χ0v) is 15.5. The number of sulfone groups is 1. The summed E-state index contributed by atoms with van der Waals surface area (Å²) in [5.74, 6) is -1.48. The lowest BCUT2D eigenvalue weighted by molar-refractivity contribution is -0.384. The second-order valence-corrected chi connectivity index (χ2v) is 8.94. The molecule has 0 bridgehead atoms. The molecule has 0 N–H and O–H groups in total. The molecule has 1 aromatic carbocycles. The Kier molecular flexibility index (Phi) is 5.88. The molecular formula is C16H15NO7S2. The minimum atomic E-state index is -4.09. The monoisotopic (exact) mass is 397 g/mol. The van der Waals surface area contributed by atoms with Gasteiger partial charge in [0.2, 0.25) is 5.78 Å². The fraction of sp³-hybridized carbons (Fsp3) is 0.250. The van der Waals surface area contributed by atoms with Gasteiger partial charge in [0.05, 0.1) is 14.7 Å². The van der Waals surface area contributed by atoms with E-state index in [9.17, 15) is 28.1 Å². The zero-order chi connectivity index (χ0) is 19.5. The molecule has 1 aromatic heterocycles. The minimum absolute atomic E-state index is 0.243. The normalized spacial score (nSPS) is 12.4. The predicted octanol–water partition coefficient (Wildman–Crippen LogP) is 2.55. The summed E-state index contributed by atoms with van der Waals surface area (Å²) in [5, 5.41) is 9.07. The van der Waals surface area contributed by atoms with Crippen LogP contribution in [0.4, 0.5) is 5.69 Å². The van der Waals surface area contributed by atoms with Crippen molar-refractivity contribution < 1.29 is 27.7 Å². The number of Topliss-reactive ketones (excluding diaryl/α,β-unsaturated/α-hetero) is 1. The van der Waals surface area contributed by atoms with Crippen LogP contribution in [0.2, 0.25) is 0 Å². The molecule has 0 saturated heterocycles. The Hall–Kier alpha value is -2.59. The molecule has 1 atom stereocenters. The number of nitro groups is 1. The highest BCUT2D eigenvalue weighted by Crippen LogP contribution is 2.21. The first-order valence-corrected chi connectivity index (χ1v) is 9.74. The summed E-state index contributed by atoms with van der Waals surface area (Å²) in [6, 6.07) is 7.53. The molecule has 26 heavy (non-hydrogen) atoms. The average Bonchev–Trinajstić information content (AvgIpc) is 3.05. The van der Waals surface area contributed by atoms with E-state index >= 15 is 0 Å². The van der Waals surface area contributed by atoms with Crippen molar-refractivity contribution in [2.75, 3.05) is 6.61 Å². The predicted molar refractivity (Wildman–Crippen MR) is 94.1 cm³/mol. The molecule has 8 nitrogen and oxygen atoms in total. The maximum atomic E-state index is 12.4. The van der Waals surface area contributed by atoms with E-state index < -0.39 is 38.4 Å². The smallest absolute Gasteiger partial charge is 0.324 e. The van der Waals surface area contributed by atoms with Crippen LogP contribution in [0.15, 0.2) is 41.3 Å². The van der Waals surface area contributed by atoms with Crippen LogP contribution in [0.5, 0.6) is 0 Å². The van der Waals surface area contributed by atoms with E-state index in [-0.39, 0.29) is 10.6 Å². The summed E-state index contributed by atoms with van der Waals surface area (Å²) in [6.07, 6.45) is 0. The van der Waals surface area contributed by atoms with Crippen molar-refractivity contribution in [1.82, 2.24) is 0 Å². The quantitative estimate of drug-likeness (QED) is 0.305. The third-order valence-electron chi connectivity index (χ3n) is 3.53. The molecule has 0 amide bonds. The van der Waals surface area contributed by atoms with Crippen molar-refractivity contribution in [1.29, 1.82) is 0 Å². The molecule has 0 unspecified atom stereocenters. The van der Waals surface area contributed by atoms with Crippen LogP contribution in [0, 0.1) is 17.0 Å². The minimum Gasteiger partial charge on any atom is -0.456 e. The van der Waals surface area contributed by atoms with Gasteiger partial charge in [-0.1, -0.05) is 0 Å². The fourth-order valence-corrected chi connectivity index (χ4v) is 4.03. The molecule has 10 heteroatoms. The number of benzene rings is 1. The van der Waals surface area contributed by atoms with Gasteiger partial charge in [-0.05, 0) is 38.1 Å². The van der Waals surface area contributed by atoms with Gasteiger partial charge < -0.3 is 4.74 Å². The van der Waals surface area contributed by atoms with Crippen LogP contribution in [-0.4, -0.2) is 37.0 Å². The molecule has 2 aromatic rings. The third kappa shape index (κ3) is 4.33. The first-order valence-electron chi connectivity index (χ1n) is 7.37. The van der Waals surface area contributed by atoms with Gasteiger partial charge in [-0.15, -0.1) is 11.3 Å². The van der Waals surface area contributed by atoms with Crippen LogP contribution < -0.4 is 0 Å². The van der Waals surface area contributed by atoms with Crippen LogP contribution in [-0.2, 0) is 19.4 Å². The number of carbonyl (C=O) groups is 2. The Morgan fingerprint density at radius 3 is 2.31 bits per heavy atom. The van der Waals surface area contributed by atoms with Crippen LogP contribution in [0.25, 0.3) is 0 Å². The second kappa shape index (κ2) is 7.75. The van der Waals surface area contributed by atoms with Crippen molar-refractivity contribution in [2.24, 2.45) is 0 Å². The van der Waals surface area contributed by atoms with Crippen LogP contribution in [0.3, 0.4) is 0 Å². The Morgan fingerprint density at radius 1 is 1.19 bits per heavy atom. The molecule has 0 saturated carbocycles. The number of nitro benzene ring substituents is 1. The summed E-state index contributed by atoms with van der Waals surface area (Å²) < 4.78 is 29.7. The summed E-state index contributed by atoms with van der Waals surface area (Å²) in [5.41, 5.74) is -0.268. The lowest BCUT2D eigenvalue weighted by Gasteiger charge is -2.12. The molecule has 0 spiro atoms. The van der Waals surface area contributed by atoms with E-state index in [1.807, 2.05) is 6.92 Å². The third-order valence-corrected chi connectivity index (χ3v) is 6.63. The van der Waals surface area contributed by atoms with E-state index in [2.05, 4.69) is 0 Å². The second-order valence-electron chi connectivity index (χ2n) is 5.38. The number of ether oxygens (including phenoxy) is 1. The van der Waals surface area contributed by atoms with Gasteiger partial charge in [0.1, 0.15) is 0 Å². The maximum absolute atomic E-state index is 12.4. The number of esters is 1. The van der Waals surface area contributed by atoms with Crippen LogP contribution in [0.1, 0.15) is 21.5 Å². The Balaban J connectivity index is 2.06. The largest absolute Gasteiger partial charge is 0.456 e. The van der Waals surface area contributed by atoms with Crippen molar-refractivity contribution in [3.63, 3.8) is 0 Å². The summed E-state index contributed by atoms with van der Waals surface area (Å²) >= 11 is 1.25. The van der Waals surface area contributed by atoms with E-state index in [1.54, 1.807) is 12.1 Å². The number of ketones is 1. The van der Waals surface area contributed by atoms with E-state index in [0.717, 1.165) is 36.1 Å². The van der Waals surface area contributed by atoms with Crippen molar-refractivity contribution in [3.8, 4) is 0 Å². The summed E-state index contributed by atoms with van der Waals surface area (Å²) in [7, 11) is -4.09. The highest BCUT2D eigenvalue weighted by molar-refractivity contribution is 7.92. The number of hydrogen-bond donors (Lipinski definition) is 0. The van der Waals surface area contributed by atoms with Crippen molar-refractivity contribution in [2.45, 2.75) is 24.0 Å². The van der Waals surface area contributed by atoms with Gasteiger partial charge >= 0.3 is 5.97 Å². The number of carbonyl (C=O) groups excluding carboxylic acids is 2. The van der Waals surface area contributed by atoms with Gasteiger partial charge in [-0.3, -0.25) is 19.7 Å². The molecule has 0 aliphatic rings. The first-order chi connectivity index (χ1) is 12.1. The van der Waals surface area contributed by atoms with Gasteiger partial charge in [0, 0.05) is 17.0 Å². The number of aryl methyl sites for hydroxylation is 1. The fourth-order valence-electron chi connectivity index (χ4n) is 2.00. The molecule has 0 radical (unpaired) electrons. The lowest BCUT2D eigenvalue weighted by Crippen LogP contribution is -2.30. The van der Waals surface area contributed by atoms with E-state index in [1.165, 1.54) is 11.3 Å². The Labute approximate surface area is 153 Å². The number of non-ortho nitro benzene ring substituents is 1. The number of nitrogens with zero attached hydrogens (tertiary/aromatic N) is 1. The molecule has 2 rings (SSSR count). The standard InChI is InChI=1S/C16H15NO7S2/c1-10-3-8-15(25-10)14(18)9-24-16(19)11(2)26(22,23)13-6-4-12(5-7-13)17(20)21/h3-8,11H,9H2,1-2H3/t11-/m1/s1. The van der Waals surface area contributed by atoms with Gasteiger partial charge in [-0.25, -0.2) is 8.42 Å². The lowest BCUT2D eigenvalue weighted by atomic mass is 10.3. The molecule has 0 aliphatic heterocycles. The molecule has 138 valence electrons. The van der Waals surface area contributed by atoms with Gasteiger partial charge in [0.25, 0.3) is 5.69 Å². The van der Waals surface area contributed by atoms with Crippen molar-refractivity contribution >= 4 is 38.6 Å². The first kappa shape index (κ1) is 19.7. The van der Waals surface area contributed by atoms with Crippen molar-refractivity contribution in [3.05, 3.63) is 56.3 Å². The number of rotatable bonds is 7. The van der Waals surface area contributed by atoms with Crippen LogP contribution >= 0.6 is 11.3 Å². The summed E-state index contributed by atoms with van der Waals surface area (Å²) in [4.78, 5) is 35.0. The molecule has 1 heterocycles. The van der Waals surface area contributed by atoms with Gasteiger partial charge in [-0.2, -0.15) is 0 Å². The highest BCUT2D eigenvalue weighted by Gasteiger charge is 2.32. The number of hydrogen-bond acceptors (Lipinski definition) is 8. The SMILES string of the molecule is Cc1ccc(C(=O)COC(=O)[C@@H](C)S(=O)(=O)c2ccc([N+](=O)[O-])cc2)s1. The summed E-state index contributed by atoms with van der Waals surface area (Å²) in [6.45, 7) is 2.41. The zero-order valence-electron chi connectivity index (χ0n) is 13.9. The molecular weight excluding hydrogens is 382 g/mol. The average molecular weight is 397 g/mol. The highest BCUT2D eigenvalue weighted by atomic mass is 32.2. The maximum Gasteiger partial charge on any atom is 0.324 e. The molecule has 0 aliphatic carbocycles. The Morgan fingerprint density at radius 2 is 1.81 bits per heavy atom. The Bertz CT molecular complexity index is 945. The topological polar surface area (TPSA) is 121 Å². The van der Waals surface area contributed by atoms with E-state index in [4.69, 9.17) is 4.74 Å².